The van der Waals surface area contributed by atoms with E-state index < -0.39 is 0 Å². The van der Waals surface area contributed by atoms with Crippen molar-refractivity contribution in [3.8, 4) is 0 Å². The molecule has 0 bridgehead atoms. The first kappa shape index (κ1) is 10.2. The minimum absolute atomic E-state index is 0.101. The van der Waals surface area contributed by atoms with Crippen LogP contribution in [-0.2, 0) is 4.79 Å². The molecular weight excluding hydrogens is 270 g/mol. The summed E-state index contributed by atoms with van der Waals surface area (Å²) in [6.45, 7) is 0. The third-order valence-corrected chi connectivity index (χ3v) is 3.90. The van der Waals surface area contributed by atoms with E-state index in [2.05, 4.69) is 31.2 Å². The molecule has 1 N–H and O–H groups in total. The fourth-order valence-corrected chi connectivity index (χ4v) is 2.74. The first-order valence-corrected chi connectivity index (χ1v) is 6.30. The van der Waals surface area contributed by atoms with Gasteiger partial charge in [-0.25, -0.2) is 9.97 Å². The van der Waals surface area contributed by atoms with Crippen LogP contribution >= 0.6 is 15.9 Å². The van der Waals surface area contributed by atoms with E-state index in [0.29, 0.717) is 10.4 Å². The molecule has 1 aromatic heterocycles. The lowest BCUT2D eigenvalue weighted by molar-refractivity contribution is -0.120. The summed E-state index contributed by atoms with van der Waals surface area (Å²) >= 11 is 3.21. The highest BCUT2D eigenvalue weighted by molar-refractivity contribution is 9.10. The van der Waals surface area contributed by atoms with E-state index in [0.717, 1.165) is 24.7 Å². The van der Waals surface area contributed by atoms with Crippen LogP contribution in [0.3, 0.4) is 0 Å². The van der Waals surface area contributed by atoms with Gasteiger partial charge in [-0.2, -0.15) is 0 Å². The Morgan fingerprint density at radius 2 is 2.00 bits per heavy atom. The average molecular weight is 282 g/mol. The van der Waals surface area contributed by atoms with Crippen molar-refractivity contribution in [3.05, 3.63) is 17.0 Å². The van der Waals surface area contributed by atoms with E-state index in [1.165, 1.54) is 6.42 Å². The summed E-state index contributed by atoms with van der Waals surface area (Å²) < 4.78 is 0.674. The Labute approximate surface area is 102 Å². The monoisotopic (exact) mass is 281 g/mol. The van der Waals surface area contributed by atoms with Gasteiger partial charge in [0.2, 0.25) is 5.91 Å². The number of hydrogen-bond acceptors (Lipinski definition) is 3. The first-order chi connectivity index (χ1) is 7.72. The van der Waals surface area contributed by atoms with Gasteiger partial charge in [-0.15, -0.1) is 0 Å². The van der Waals surface area contributed by atoms with E-state index in [1.54, 1.807) is 12.4 Å². The number of aromatic nitrogens is 2. The van der Waals surface area contributed by atoms with Crippen molar-refractivity contribution in [3.63, 3.8) is 0 Å². The minimum atomic E-state index is 0.101. The second-order valence-corrected chi connectivity index (χ2v) is 5.45. The van der Waals surface area contributed by atoms with E-state index in [4.69, 9.17) is 0 Å². The Bertz CT molecular complexity index is 410. The summed E-state index contributed by atoms with van der Waals surface area (Å²) in [5.74, 6) is 2.48. The summed E-state index contributed by atoms with van der Waals surface area (Å²) in [4.78, 5) is 20.0. The fraction of sp³-hybridized carbons (Fsp3) is 0.545. The third-order valence-electron chi connectivity index (χ3n) is 3.49. The van der Waals surface area contributed by atoms with E-state index in [1.807, 2.05) is 0 Å². The van der Waals surface area contributed by atoms with Crippen molar-refractivity contribution in [1.82, 2.24) is 9.97 Å². The largest absolute Gasteiger partial charge is 0.309 e. The molecule has 2 fully saturated rings. The zero-order valence-electron chi connectivity index (χ0n) is 8.69. The average Bonchev–Trinajstić information content (AvgIpc) is 2.89. The second-order valence-electron chi connectivity index (χ2n) is 4.64. The smallest absolute Gasteiger partial charge is 0.228 e. The number of amides is 1. The lowest BCUT2D eigenvalue weighted by atomic mass is 10.0. The molecule has 0 saturated heterocycles. The number of carbonyl (C=O) groups excluding carboxylic acids is 1. The van der Waals surface area contributed by atoms with Gasteiger partial charge in [-0.3, -0.25) is 4.79 Å². The minimum Gasteiger partial charge on any atom is -0.309 e. The van der Waals surface area contributed by atoms with Crippen LogP contribution in [0, 0.1) is 17.8 Å². The molecule has 1 heterocycles. The van der Waals surface area contributed by atoms with Crippen LogP contribution in [0.4, 0.5) is 5.82 Å². The number of fused-ring (bicyclic) bond motifs is 1. The maximum Gasteiger partial charge on any atom is 0.228 e. The van der Waals surface area contributed by atoms with Crippen LogP contribution in [0.5, 0.6) is 0 Å². The number of hydrogen-bond donors (Lipinski definition) is 1. The highest BCUT2D eigenvalue weighted by Crippen LogP contribution is 2.54. The van der Waals surface area contributed by atoms with Crippen molar-refractivity contribution in [1.29, 1.82) is 0 Å². The van der Waals surface area contributed by atoms with Crippen LogP contribution in [0.1, 0.15) is 19.3 Å². The summed E-state index contributed by atoms with van der Waals surface area (Å²) in [7, 11) is 0. The molecule has 84 valence electrons. The Morgan fingerprint density at radius 1 is 1.25 bits per heavy atom. The van der Waals surface area contributed by atoms with Gasteiger partial charge >= 0.3 is 0 Å². The fourth-order valence-electron chi connectivity index (χ4n) is 2.53. The number of anilines is 1. The van der Waals surface area contributed by atoms with Crippen molar-refractivity contribution < 1.29 is 4.79 Å². The lowest BCUT2D eigenvalue weighted by Crippen LogP contribution is -2.22. The van der Waals surface area contributed by atoms with E-state index in [9.17, 15) is 4.79 Å². The van der Waals surface area contributed by atoms with Gasteiger partial charge < -0.3 is 5.32 Å². The molecule has 0 aliphatic heterocycles. The molecule has 1 aromatic rings. The zero-order chi connectivity index (χ0) is 11.1. The highest BCUT2D eigenvalue weighted by Gasteiger charge is 2.47. The molecule has 2 aliphatic carbocycles. The Hall–Kier alpha value is -0.970. The van der Waals surface area contributed by atoms with E-state index >= 15 is 0 Å². The van der Waals surface area contributed by atoms with Crippen LogP contribution in [0.2, 0.25) is 0 Å². The van der Waals surface area contributed by atoms with Crippen molar-refractivity contribution >= 4 is 27.7 Å². The summed E-state index contributed by atoms with van der Waals surface area (Å²) in [6, 6.07) is 0. The molecule has 0 spiro atoms. The van der Waals surface area contributed by atoms with Crippen LogP contribution in [0.15, 0.2) is 17.0 Å². The SMILES string of the molecule is O=C(Nc1cnc(Br)cn1)C1CC2CC2C1. The molecule has 4 nitrogen and oxygen atoms in total. The number of rotatable bonds is 2. The van der Waals surface area contributed by atoms with Crippen LogP contribution in [-0.4, -0.2) is 15.9 Å². The van der Waals surface area contributed by atoms with Crippen LogP contribution in [0.25, 0.3) is 0 Å². The maximum absolute atomic E-state index is 11.9. The highest BCUT2D eigenvalue weighted by atomic mass is 79.9. The summed E-state index contributed by atoms with van der Waals surface area (Å²) in [5, 5.41) is 2.82. The van der Waals surface area contributed by atoms with E-state index in [-0.39, 0.29) is 11.8 Å². The summed E-state index contributed by atoms with van der Waals surface area (Å²) in [5.41, 5.74) is 0. The van der Waals surface area contributed by atoms with Gasteiger partial charge in [0, 0.05) is 5.92 Å². The second kappa shape index (κ2) is 3.80. The molecule has 0 aromatic carbocycles. The quantitative estimate of drug-likeness (QED) is 0.905. The van der Waals surface area contributed by atoms with Crippen molar-refractivity contribution in [2.75, 3.05) is 5.32 Å². The van der Waals surface area contributed by atoms with Crippen molar-refractivity contribution in [2.45, 2.75) is 19.3 Å². The summed E-state index contributed by atoms with van der Waals surface area (Å²) in [6.07, 6.45) is 6.60. The number of halogens is 1. The predicted molar refractivity (Wildman–Crippen MR) is 62.7 cm³/mol. The first-order valence-electron chi connectivity index (χ1n) is 5.51. The Balaban J connectivity index is 1.61. The number of nitrogens with zero attached hydrogens (tertiary/aromatic N) is 2. The van der Waals surface area contributed by atoms with Gasteiger partial charge in [0.05, 0.1) is 12.4 Å². The van der Waals surface area contributed by atoms with Gasteiger partial charge in [-0.1, -0.05) is 0 Å². The maximum atomic E-state index is 11.9. The van der Waals surface area contributed by atoms with Gasteiger partial charge in [-0.05, 0) is 47.0 Å². The third kappa shape index (κ3) is 1.96. The topological polar surface area (TPSA) is 54.9 Å². The molecular formula is C11H12BrN3O. The predicted octanol–water partition coefficient (Wildman–Crippen LogP) is 2.22. The lowest BCUT2D eigenvalue weighted by Gasteiger charge is -2.11. The van der Waals surface area contributed by atoms with Gasteiger partial charge in [0.1, 0.15) is 4.60 Å². The van der Waals surface area contributed by atoms with Crippen molar-refractivity contribution in [2.24, 2.45) is 17.8 Å². The molecule has 2 atom stereocenters. The normalized spacial score (nSPS) is 30.9. The molecule has 3 rings (SSSR count). The molecule has 16 heavy (non-hydrogen) atoms. The standard InChI is InChI=1S/C11H12BrN3O/c12-9-4-14-10(5-13-9)15-11(16)8-2-6-1-7(6)3-8/h4-8H,1-3H2,(H,14,15,16). The van der Waals surface area contributed by atoms with Gasteiger partial charge in [0.25, 0.3) is 0 Å². The van der Waals surface area contributed by atoms with Gasteiger partial charge in [0.15, 0.2) is 5.82 Å². The Morgan fingerprint density at radius 3 is 2.62 bits per heavy atom. The molecule has 1 amide bonds. The zero-order valence-corrected chi connectivity index (χ0v) is 10.3. The molecule has 5 heteroatoms. The number of carbonyl (C=O) groups is 1. The van der Waals surface area contributed by atoms with Crippen LogP contribution < -0.4 is 5.32 Å². The Kier molecular flexibility index (Phi) is 2.42. The molecule has 2 unspecified atom stereocenters. The molecule has 2 aliphatic rings. The number of nitrogens with one attached hydrogen (secondary N) is 1. The molecule has 2 saturated carbocycles. The molecule has 0 radical (unpaired) electrons.